The van der Waals surface area contributed by atoms with Crippen LogP contribution in [-0.2, 0) is 4.79 Å². The van der Waals surface area contributed by atoms with Gasteiger partial charge in [0.05, 0.1) is 0 Å². The van der Waals surface area contributed by atoms with Gasteiger partial charge in [0, 0.05) is 19.0 Å². The summed E-state index contributed by atoms with van der Waals surface area (Å²) >= 11 is 0. The minimum Gasteiger partial charge on any atom is -0.342 e. The van der Waals surface area contributed by atoms with E-state index in [0.717, 1.165) is 32.4 Å². The normalized spacial score (nSPS) is 17.0. The van der Waals surface area contributed by atoms with Gasteiger partial charge in [-0.15, -0.1) is 0 Å². The third kappa shape index (κ3) is 3.48. The van der Waals surface area contributed by atoms with Gasteiger partial charge in [0.15, 0.2) is 0 Å². The molecule has 0 aromatic carbocycles. The molecular formula is C13H26N2O. The first kappa shape index (κ1) is 13.5. The lowest BCUT2D eigenvalue weighted by Gasteiger charge is -2.36. The molecule has 1 amide bonds. The Hall–Kier alpha value is -0.570. The summed E-state index contributed by atoms with van der Waals surface area (Å²) < 4.78 is 0. The molecule has 0 atom stereocenters. The zero-order valence-electron chi connectivity index (χ0n) is 11.0. The van der Waals surface area contributed by atoms with Crippen LogP contribution in [0.3, 0.4) is 0 Å². The molecule has 0 aromatic heterocycles. The average molecular weight is 226 g/mol. The van der Waals surface area contributed by atoms with E-state index >= 15 is 0 Å². The molecule has 16 heavy (non-hydrogen) atoms. The molecule has 0 unspecified atom stereocenters. The summed E-state index contributed by atoms with van der Waals surface area (Å²) in [7, 11) is 0. The minimum atomic E-state index is 0.0363. The van der Waals surface area contributed by atoms with Crippen LogP contribution in [0.5, 0.6) is 0 Å². The second-order valence-corrected chi connectivity index (χ2v) is 5.76. The van der Waals surface area contributed by atoms with Crippen molar-refractivity contribution in [1.82, 2.24) is 4.90 Å². The fourth-order valence-electron chi connectivity index (χ4n) is 2.03. The first-order valence-corrected chi connectivity index (χ1v) is 6.49. The number of hydrogen-bond acceptors (Lipinski definition) is 2. The molecule has 0 heterocycles. The van der Waals surface area contributed by atoms with Gasteiger partial charge in [0.1, 0.15) is 0 Å². The number of carbonyl (C=O) groups excluding carboxylic acids is 1. The summed E-state index contributed by atoms with van der Waals surface area (Å²) in [5.41, 5.74) is 5.77. The summed E-state index contributed by atoms with van der Waals surface area (Å²) in [5.74, 6) is 0.662. The van der Waals surface area contributed by atoms with Crippen molar-refractivity contribution in [3.63, 3.8) is 0 Å². The van der Waals surface area contributed by atoms with Crippen LogP contribution in [0, 0.1) is 11.3 Å². The summed E-state index contributed by atoms with van der Waals surface area (Å²) in [6.07, 6.45) is 4.42. The van der Waals surface area contributed by atoms with Crippen LogP contribution >= 0.6 is 0 Å². The Labute approximate surface area is 99.4 Å². The first-order chi connectivity index (χ1) is 7.50. The van der Waals surface area contributed by atoms with E-state index in [0.29, 0.717) is 18.4 Å². The molecule has 1 aliphatic rings. The summed E-state index contributed by atoms with van der Waals surface area (Å²) in [6.45, 7) is 8.68. The summed E-state index contributed by atoms with van der Waals surface area (Å²) in [6, 6.07) is 0. The number of nitrogens with two attached hydrogens (primary N) is 1. The maximum atomic E-state index is 12.2. The number of carbonyl (C=O) groups is 1. The maximum absolute atomic E-state index is 12.2. The molecule has 1 saturated carbocycles. The lowest BCUT2D eigenvalue weighted by molar-refractivity contribution is -0.139. The first-order valence-electron chi connectivity index (χ1n) is 6.49. The van der Waals surface area contributed by atoms with Crippen molar-refractivity contribution >= 4 is 5.91 Å². The van der Waals surface area contributed by atoms with Gasteiger partial charge in [-0.3, -0.25) is 4.79 Å². The molecule has 0 saturated heterocycles. The van der Waals surface area contributed by atoms with Crippen LogP contribution in [0.1, 0.15) is 46.5 Å². The molecular weight excluding hydrogens is 200 g/mol. The highest BCUT2D eigenvalue weighted by molar-refractivity contribution is 5.79. The Balaban J connectivity index is 2.55. The molecule has 0 radical (unpaired) electrons. The van der Waals surface area contributed by atoms with Crippen molar-refractivity contribution in [2.24, 2.45) is 17.1 Å². The smallest absolute Gasteiger partial charge is 0.225 e. The van der Waals surface area contributed by atoms with Crippen molar-refractivity contribution < 1.29 is 4.79 Å². The van der Waals surface area contributed by atoms with Crippen LogP contribution in [0.2, 0.25) is 0 Å². The number of amides is 1. The van der Waals surface area contributed by atoms with E-state index in [-0.39, 0.29) is 5.41 Å². The van der Waals surface area contributed by atoms with Gasteiger partial charge in [-0.2, -0.15) is 0 Å². The molecule has 2 N–H and O–H groups in total. The van der Waals surface area contributed by atoms with Gasteiger partial charge in [-0.25, -0.2) is 0 Å². The third-order valence-electron chi connectivity index (χ3n) is 3.43. The van der Waals surface area contributed by atoms with Gasteiger partial charge in [-0.05, 0) is 31.2 Å². The molecule has 1 aliphatic carbocycles. The van der Waals surface area contributed by atoms with E-state index < -0.39 is 0 Å². The average Bonchev–Trinajstić information content (AvgIpc) is 2.14. The van der Waals surface area contributed by atoms with Crippen LogP contribution in [0.4, 0.5) is 0 Å². The zero-order chi connectivity index (χ0) is 12.2. The zero-order valence-corrected chi connectivity index (χ0v) is 11.0. The summed E-state index contributed by atoms with van der Waals surface area (Å²) in [5, 5.41) is 0. The molecule has 1 rings (SSSR count). The quantitative estimate of drug-likeness (QED) is 0.753. The lowest BCUT2D eigenvalue weighted by Crippen LogP contribution is -2.46. The third-order valence-corrected chi connectivity index (χ3v) is 3.43. The molecule has 94 valence electrons. The highest BCUT2D eigenvalue weighted by atomic mass is 16.2. The second-order valence-electron chi connectivity index (χ2n) is 5.76. The van der Waals surface area contributed by atoms with Crippen molar-refractivity contribution in [3.05, 3.63) is 0 Å². The van der Waals surface area contributed by atoms with Crippen molar-refractivity contribution in [2.75, 3.05) is 19.6 Å². The van der Waals surface area contributed by atoms with Crippen molar-refractivity contribution in [2.45, 2.75) is 46.5 Å². The Kier molecular flexibility index (Phi) is 4.78. The molecule has 3 nitrogen and oxygen atoms in total. The number of rotatable bonds is 6. The second kappa shape index (κ2) is 5.67. The van der Waals surface area contributed by atoms with E-state index in [1.54, 1.807) is 0 Å². The Morgan fingerprint density at radius 2 is 2.06 bits per heavy atom. The van der Waals surface area contributed by atoms with E-state index in [4.69, 9.17) is 5.73 Å². The highest BCUT2D eigenvalue weighted by Gasteiger charge is 2.31. The van der Waals surface area contributed by atoms with Gasteiger partial charge in [0.25, 0.3) is 0 Å². The maximum Gasteiger partial charge on any atom is 0.225 e. The van der Waals surface area contributed by atoms with E-state index in [9.17, 15) is 4.79 Å². The van der Waals surface area contributed by atoms with Crippen LogP contribution < -0.4 is 5.73 Å². The lowest BCUT2D eigenvalue weighted by atomic mass is 9.83. The Morgan fingerprint density at radius 3 is 2.44 bits per heavy atom. The van der Waals surface area contributed by atoms with Gasteiger partial charge >= 0.3 is 0 Å². The van der Waals surface area contributed by atoms with Crippen molar-refractivity contribution in [1.29, 1.82) is 0 Å². The predicted molar refractivity (Wildman–Crippen MR) is 67.0 cm³/mol. The van der Waals surface area contributed by atoms with Gasteiger partial charge < -0.3 is 10.6 Å². The van der Waals surface area contributed by atoms with Crippen LogP contribution in [0.15, 0.2) is 0 Å². The molecule has 3 heteroatoms. The van der Waals surface area contributed by atoms with E-state index in [1.165, 1.54) is 6.42 Å². The van der Waals surface area contributed by atoms with Crippen LogP contribution in [-0.4, -0.2) is 30.4 Å². The van der Waals surface area contributed by atoms with E-state index in [1.807, 2.05) is 4.90 Å². The van der Waals surface area contributed by atoms with Crippen molar-refractivity contribution in [3.8, 4) is 0 Å². The number of nitrogens with zero attached hydrogens (tertiary/aromatic N) is 1. The molecule has 0 bridgehead atoms. The Morgan fingerprint density at radius 1 is 1.44 bits per heavy atom. The van der Waals surface area contributed by atoms with Gasteiger partial charge in [0.2, 0.25) is 5.91 Å². The summed E-state index contributed by atoms with van der Waals surface area (Å²) in [4.78, 5) is 14.2. The minimum absolute atomic E-state index is 0.0363. The fourth-order valence-corrected chi connectivity index (χ4v) is 2.03. The molecule has 0 spiro atoms. The molecule has 1 fully saturated rings. The molecule has 0 aromatic rings. The van der Waals surface area contributed by atoms with Gasteiger partial charge in [-0.1, -0.05) is 27.2 Å². The highest BCUT2D eigenvalue weighted by Crippen LogP contribution is 2.29. The fraction of sp³-hybridized carbons (Fsp3) is 0.923. The van der Waals surface area contributed by atoms with E-state index in [2.05, 4.69) is 20.8 Å². The standard InChI is InChI=1S/C13H26N2O/c1-4-8-15(10-13(2,3)9-14)12(16)11-6-5-7-11/h11H,4-10,14H2,1-3H3. The largest absolute Gasteiger partial charge is 0.342 e. The Bertz CT molecular complexity index is 234. The number of hydrogen-bond donors (Lipinski definition) is 1. The molecule has 0 aliphatic heterocycles. The van der Waals surface area contributed by atoms with Crippen LogP contribution in [0.25, 0.3) is 0 Å². The topological polar surface area (TPSA) is 46.3 Å². The monoisotopic (exact) mass is 226 g/mol. The SMILES string of the molecule is CCCN(CC(C)(C)CN)C(=O)C1CCC1. The predicted octanol–water partition coefficient (Wildman–Crippen LogP) is 2.01.